The van der Waals surface area contributed by atoms with Gasteiger partial charge in [0.15, 0.2) is 0 Å². The summed E-state index contributed by atoms with van der Waals surface area (Å²) in [5.74, 6) is -0.179. The van der Waals surface area contributed by atoms with Gasteiger partial charge in [0, 0.05) is 11.0 Å². The lowest BCUT2D eigenvalue weighted by Crippen LogP contribution is -2.03. The van der Waals surface area contributed by atoms with Crippen molar-refractivity contribution in [1.29, 1.82) is 0 Å². The molecule has 0 atom stereocenters. The number of anilines is 2. The molecule has 0 aliphatic rings. The van der Waals surface area contributed by atoms with Crippen molar-refractivity contribution in [3.05, 3.63) is 57.8 Å². The molecule has 0 aromatic heterocycles. The van der Waals surface area contributed by atoms with Gasteiger partial charge in [-0.2, -0.15) is 0 Å². The second-order valence-corrected chi connectivity index (χ2v) is 5.08. The lowest BCUT2D eigenvalue weighted by Gasteiger charge is -2.10. The lowest BCUT2D eigenvalue weighted by atomic mass is 10.1. The van der Waals surface area contributed by atoms with Crippen LogP contribution in [0.4, 0.5) is 15.8 Å². The molecule has 0 radical (unpaired) electrons. The van der Waals surface area contributed by atoms with Gasteiger partial charge in [-0.05, 0) is 42.3 Å². The number of benzene rings is 2. The van der Waals surface area contributed by atoms with Crippen molar-refractivity contribution in [2.45, 2.75) is 13.5 Å². The third-order valence-electron chi connectivity index (χ3n) is 2.72. The maximum Gasteiger partial charge on any atom is 0.126 e. The summed E-state index contributed by atoms with van der Waals surface area (Å²) in [4.78, 5) is 0. The van der Waals surface area contributed by atoms with Crippen LogP contribution >= 0.6 is 15.9 Å². The fourth-order valence-electron chi connectivity index (χ4n) is 1.71. The number of hydrogen-bond donors (Lipinski definition) is 2. The Morgan fingerprint density at radius 3 is 2.67 bits per heavy atom. The van der Waals surface area contributed by atoms with Crippen LogP contribution < -0.4 is 11.1 Å². The van der Waals surface area contributed by atoms with Crippen molar-refractivity contribution < 1.29 is 4.39 Å². The van der Waals surface area contributed by atoms with E-state index in [0.717, 1.165) is 15.7 Å². The molecule has 0 heterocycles. The predicted octanol–water partition coefficient (Wildman–Crippen LogP) is 4.09. The van der Waals surface area contributed by atoms with Crippen molar-refractivity contribution in [2.75, 3.05) is 11.1 Å². The van der Waals surface area contributed by atoms with Crippen molar-refractivity contribution in [1.82, 2.24) is 0 Å². The fraction of sp³-hybridized carbons (Fsp3) is 0.143. The van der Waals surface area contributed by atoms with E-state index in [9.17, 15) is 4.39 Å². The van der Waals surface area contributed by atoms with Gasteiger partial charge in [0.2, 0.25) is 0 Å². The quantitative estimate of drug-likeness (QED) is 0.838. The molecule has 2 rings (SSSR count). The van der Waals surface area contributed by atoms with Crippen LogP contribution in [0.2, 0.25) is 0 Å². The molecular weight excluding hydrogens is 295 g/mol. The van der Waals surface area contributed by atoms with Crippen LogP contribution in [0.25, 0.3) is 0 Å². The second kappa shape index (κ2) is 5.40. The standard InChI is InChI=1S/C14H14BrFN2/c1-9-6-10(2-4-12(9)16)8-18-14-5-3-11(15)7-13(14)17/h2-7,18H,8,17H2,1H3. The molecule has 94 valence electrons. The largest absolute Gasteiger partial charge is 0.397 e. The highest BCUT2D eigenvalue weighted by Crippen LogP contribution is 2.23. The molecule has 0 spiro atoms. The van der Waals surface area contributed by atoms with Crippen LogP contribution in [0.5, 0.6) is 0 Å². The van der Waals surface area contributed by atoms with E-state index < -0.39 is 0 Å². The van der Waals surface area contributed by atoms with E-state index in [1.165, 1.54) is 6.07 Å². The molecule has 0 aliphatic heterocycles. The summed E-state index contributed by atoms with van der Waals surface area (Å²) in [6, 6.07) is 10.8. The highest BCUT2D eigenvalue weighted by molar-refractivity contribution is 9.10. The Balaban J connectivity index is 2.09. The van der Waals surface area contributed by atoms with Crippen LogP contribution in [0.15, 0.2) is 40.9 Å². The second-order valence-electron chi connectivity index (χ2n) is 4.17. The summed E-state index contributed by atoms with van der Waals surface area (Å²) in [5, 5.41) is 3.23. The van der Waals surface area contributed by atoms with Gasteiger partial charge in [-0.1, -0.05) is 28.1 Å². The maximum absolute atomic E-state index is 13.1. The summed E-state index contributed by atoms with van der Waals surface area (Å²) in [5.41, 5.74) is 9.12. The van der Waals surface area contributed by atoms with E-state index in [0.29, 0.717) is 17.8 Å². The zero-order valence-corrected chi connectivity index (χ0v) is 11.6. The first-order valence-electron chi connectivity index (χ1n) is 5.60. The molecule has 0 saturated heterocycles. The summed E-state index contributed by atoms with van der Waals surface area (Å²) in [7, 11) is 0. The van der Waals surface area contributed by atoms with Crippen LogP contribution in [-0.4, -0.2) is 0 Å². The lowest BCUT2D eigenvalue weighted by molar-refractivity contribution is 0.617. The molecule has 2 nitrogen and oxygen atoms in total. The smallest absolute Gasteiger partial charge is 0.126 e. The summed E-state index contributed by atoms with van der Waals surface area (Å²) in [6.07, 6.45) is 0. The minimum atomic E-state index is -0.179. The van der Waals surface area contributed by atoms with Gasteiger partial charge in [-0.15, -0.1) is 0 Å². The minimum Gasteiger partial charge on any atom is -0.397 e. The van der Waals surface area contributed by atoms with Gasteiger partial charge < -0.3 is 11.1 Å². The summed E-state index contributed by atoms with van der Waals surface area (Å²) < 4.78 is 14.1. The number of nitrogens with one attached hydrogen (secondary N) is 1. The van der Waals surface area contributed by atoms with Gasteiger partial charge in [-0.3, -0.25) is 0 Å². The predicted molar refractivity (Wildman–Crippen MR) is 77.0 cm³/mol. The first kappa shape index (κ1) is 12.9. The maximum atomic E-state index is 13.1. The van der Waals surface area contributed by atoms with E-state index in [1.54, 1.807) is 13.0 Å². The first-order valence-corrected chi connectivity index (χ1v) is 6.39. The van der Waals surface area contributed by atoms with Crippen LogP contribution in [0.1, 0.15) is 11.1 Å². The van der Waals surface area contributed by atoms with E-state index in [4.69, 9.17) is 5.73 Å². The van der Waals surface area contributed by atoms with Gasteiger partial charge in [0.05, 0.1) is 11.4 Å². The van der Waals surface area contributed by atoms with E-state index in [1.807, 2.05) is 24.3 Å². The molecular formula is C14H14BrFN2. The minimum absolute atomic E-state index is 0.179. The SMILES string of the molecule is Cc1cc(CNc2ccc(Br)cc2N)ccc1F. The van der Waals surface area contributed by atoms with Crippen molar-refractivity contribution in [2.24, 2.45) is 0 Å². The number of nitrogens with two attached hydrogens (primary N) is 1. The number of aryl methyl sites for hydroxylation is 1. The zero-order valence-electron chi connectivity index (χ0n) is 10.0. The van der Waals surface area contributed by atoms with Crippen molar-refractivity contribution in [3.63, 3.8) is 0 Å². The van der Waals surface area contributed by atoms with Crippen LogP contribution in [-0.2, 0) is 6.54 Å². The van der Waals surface area contributed by atoms with Crippen LogP contribution in [0.3, 0.4) is 0 Å². The summed E-state index contributed by atoms with van der Waals surface area (Å²) >= 11 is 3.36. The molecule has 0 fully saturated rings. The Hall–Kier alpha value is -1.55. The molecule has 0 saturated carbocycles. The topological polar surface area (TPSA) is 38.0 Å². The van der Waals surface area contributed by atoms with Gasteiger partial charge >= 0.3 is 0 Å². The monoisotopic (exact) mass is 308 g/mol. The third kappa shape index (κ3) is 3.01. The molecule has 0 aliphatic carbocycles. The Bertz CT molecular complexity index is 570. The van der Waals surface area contributed by atoms with Gasteiger partial charge in [0.1, 0.15) is 5.82 Å². The van der Waals surface area contributed by atoms with E-state index in [2.05, 4.69) is 21.2 Å². The number of nitrogen functional groups attached to an aromatic ring is 1. The average Bonchev–Trinajstić information content (AvgIpc) is 2.32. The molecule has 2 aromatic rings. The molecule has 18 heavy (non-hydrogen) atoms. The number of hydrogen-bond acceptors (Lipinski definition) is 2. The Labute approximate surface area is 114 Å². The first-order chi connectivity index (χ1) is 8.56. The van der Waals surface area contributed by atoms with Gasteiger partial charge in [0.25, 0.3) is 0 Å². The van der Waals surface area contributed by atoms with Crippen molar-refractivity contribution >= 4 is 27.3 Å². The normalized spacial score (nSPS) is 10.4. The fourth-order valence-corrected chi connectivity index (χ4v) is 2.09. The third-order valence-corrected chi connectivity index (χ3v) is 3.21. The Morgan fingerprint density at radius 1 is 1.22 bits per heavy atom. The van der Waals surface area contributed by atoms with Gasteiger partial charge in [-0.25, -0.2) is 4.39 Å². The Kier molecular flexibility index (Phi) is 3.87. The number of rotatable bonds is 3. The highest BCUT2D eigenvalue weighted by Gasteiger charge is 2.02. The molecule has 3 N–H and O–H groups in total. The average molecular weight is 309 g/mol. The Morgan fingerprint density at radius 2 is 2.00 bits per heavy atom. The molecule has 2 aromatic carbocycles. The van der Waals surface area contributed by atoms with Crippen LogP contribution in [0, 0.1) is 12.7 Å². The molecule has 0 bridgehead atoms. The van der Waals surface area contributed by atoms with E-state index in [-0.39, 0.29) is 5.82 Å². The number of halogens is 2. The molecule has 0 unspecified atom stereocenters. The molecule has 4 heteroatoms. The summed E-state index contributed by atoms with van der Waals surface area (Å²) in [6.45, 7) is 2.37. The zero-order chi connectivity index (χ0) is 13.1. The van der Waals surface area contributed by atoms with E-state index >= 15 is 0 Å². The van der Waals surface area contributed by atoms with Crippen molar-refractivity contribution in [3.8, 4) is 0 Å². The highest BCUT2D eigenvalue weighted by atomic mass is 79.9. The molecule has 0 amide bonds.